The summed E-state index contributed by atoms with van der Waals surface area (Å²) in [5.41, 5.74) is 2.80. The third kappa shape index (κ3) is 4.15. The van der Waals surface area contributed by atoms with Gasteiger partial charge < -0.3 is 10.4 Å². The van der Waals surface area contributed by atoms with Crippen LogP contribution in [0.4, 0.5) is 0 Å². The highest BCUT2D eigenvalue weighted by Crippen LogP contribution is 2.65. The van der Waals surface area contributed by atoms with Crippen LogP contribution in [0.1, 0.15) is 92.4 Å². The number of hydrogen-bond acceptors (Lipinski definition) is 4. The highest BCUT2D eigenvalue weighted by atomic mass is 16.3. The summed E-state index contributed by atoms with van der Waals surface area (Å²) in [5, 5.41) is 13.0. The van der Waals surface area contributed by atoms with Crippen LogP contribution in [0.5, 0.6) is 0 Å². The van der Waals surface area contributed by atoms with Gasteiger partial charge in [0.1, 0.15) is 0 Å². The molecular formula is C28H41NO4. The number of carbonyl (C=O) groups is 3. The van der Waals surface area contributed by atoms with Crippen LogP contribution < -0.4 is 5.32 Å². The monoisotopic (exact) mass is 455 g/mol. The van der Waals surface area contributed by atoms with Crippen molar-refractivity contribution >= 4 is 17.5 Å². The molecule has 0 spiro atoms. The molecule has 33 heavy (non-hydrogen) atoms. The zero-order valence-corrected chi connectivity index (χ0v) is 21.0. The Balaban J connectivity index is 1.56. The van der Waals surface area contributed by atoms with Gasteiger partial charge in [-0.05, 0) is 93.0 Å². The van der Waals surface area contributed by atoms with Gasteiger partial charge in [-0.1, -0.05) is 25.5 Å². The largest absolute Gasteiger partial charge is 0.393 e. The molecule has 1 amide bonds. The van der Waals surface area contributed by atoms with Crippen LogP contribution in [0.3, 0.4) is 0 Å². The maximum Gasteiger partial charge on any atom is 0.217 e. The molecule has 0 aromatic carbocycles. The number of aliphatic hydroxyl groups excluding tert-OH is 1. The second-order valence-corrected chi connectivity index (χ2v) is 11.8. The van der Waals surface area contributed by atoms with Gasteiger partial charge in [0.2, 0.25) is 5.91 Å². The summed E-state index contributed by atoms with van der Waals surface area (Å²) in [6.45, 7) is 9.87. The van der Waals surface area contributed by atoms with Crippen molar-refractivity contribution < 1.29 is 19.5 Å². The number of ketones is 2. The number of aliphatic hydroxyl groups is 1. The molecule has 4 rings (SSSR count). The first-order valence-electron chi connectivity index (χ1n) is 12.9. The molecule has 0 aromatic heterocycles. The number of fused-ring (bicyclic) bond motifs is 5. The molecule has 0 aliphatic heterocycles. The van der Waals surface area contributed by atoms with Crippen molar-refractivity contribution in [3.8, 4) is 0 Å². The zero-order valence-electron chi connectivity index (χ0n) is 21.0. The quantitative estimate of drug-likeness (QED) is 0.466. The Bertz CT molecular complexity index is 917. The molecule has 4 aliphatic rings. The summed E-state index contributed by atoms with van der Waals surface area (Å²) in [6, 6.07) is -0.0553. The van der Waals surface area contributed by atoms with Gasteiger partial charge in [0.05, 0.1) is 6.10 Å². The Labute approximate surface area is 198 Å². The fourth-order valence-corrected chi connectivity index (χ4v) is 8.00. The van der Waals surface area contributed by atoms with E-state index in [2.05, 4.69) is 25.2 Å². The Morgan fingerprint density at radius 3 is 2.52 bits per heavy atom. The van der Waals surface area contributed by atoms with Crippen molar-refractivity contribution in [1.82, 2.24) is 5.32 Å². The molecule has 4 aliphatic carbocycles. The van der Waals surface area contributed by atoms with Crippen molar-refractivity contribution in [2.75, 3.05) is 0 Å². The number of amides is 1. The second-order valence-electron chi connectivity index (χ2n) is 11.8. The fraction of sp³-hybridized carbons (Fsp3) is 0.750. The maximum absolute atomic E-state index is 13.3. The summed E-state index contributed by atoms with van der Waals surface area (Å²) in [6.07, 6.45) is 9.39. The molecule has 7 atom stereocenters. The van der Waals surface area contributed by atoms with Gasteiger partial charge in [-0.3, -0.25) is 14.4 Å². The zero-order chi connectivity index (χ0) is 24.1. The van der Waals surface area contributed by atoms with Crippen LogP contribution in [0.25, 0.3) is 0 Å². The van der Waals surface area contributed by atoms with Crippen LogP contribution in [-0.4, -0.2) is 34.7 Å². The number of Topliss-reactive ketones (excluding diaryl/α,β-unsaturated/α-hetero) is 2. The first-order valence-corrected chi connectivity index (χ1v) is 12.9. The molecule has 2 N–H and O–H groups in total. The van der Waals surface area contributed by atoms with Crippen LogP contribution in [0, 0.1) is 28.6 Å². The van der Waals surface area contributed by atoms with E-state index in [0.717, 1.165) is 44.1 Å². The highest BCUT2D eigenvalue weighted by Gasteiger charge is 2.59. The van der Waals surface area contributed by atoms with Crippen LogP contribution in [-0.2, 0) is 14.4 Å². The van der Waals surface area contributed by atoms with E-state index in [0.29, 0.717) is 42.6 Å². The molecule has 3 fully saturated rings. The molecule has 0 bridgehead atoms. The summed E-state index contributed by atoms with van der Waals surface area (Å²) >= 11 is 0. The summed E-state index contributed by atoms with van der Waals surface area (Å²) in [4.78, 5) is 37.7. The lowest BCUT2D eigenvalue weighted by atomic mass is 9.47. The number of hydrogen-bond donors (Lipinski definition) is 2. The minimum absolute atomic E-state index is 0.0404. The molecule has 0 unspecified atom stereocenters. The van der Waals surface area contributed by atoms with E-state index in [1.807, 2.05) is 13.8 Å². The molecule has 3 saturated carbocycles. The van der Waals surface area contributed by atoms with Crippen molar-refractivity contribution in [3.63, 3.8) is 0 Å². The van der Waals surface area contributed by atoms with Gasteiger partial charge in [0.25, 0.3) is 0 Å². The van der Waals surface area contributed by atoms with E-state index in [-0.39, 0.29) is 40.4 Å². The molecule has 182 valence electrons. The molecule has 0 saturated heterocycles. The number of rotatable bonds is 5. The van der Waals surface area contributed by atoms with E-state index < -0.39 is 0 Å². The van der Waals surface area contributed by atoms with E-state index in [4.69, 9.17) is 0 Å². The average molecular weight is 456 g/mol. The SMILES string of the molecule is CC(=O)N[C@H](C)CCC(=O)/C(C)=C1\C(=O)C[C@@H]2[C@@H]3CC=C4C[C@@H](O)CC[C@]4(C)[C@H]3CC[C@]12C. The lowest BCUT2D eigenvalue weighted by Gasteiger charge is -2.57. The van der Waals surface area contributed by atoms with Gasteiger partial charge in [0, 0.05) is 31.4 Å². The van der Waals surface area contributed by atoms with Crippen LogP contribution in [0.2, 0.25) is 0 Å². The van der Waals surface area contributed by atoms with E-state index in [1.165, 1.54) is 12.5 Å². The Morgan fingerprint density at radius 1 is 1.12 bits per heavy atom. The second kappa shape index (κ2) is 8.79. The van der Waals surface area contributed by atoms with Gasteiger partial charge in [-0.25, -0.2) is 0 Å². The predicted molar refractivity (Wildman–Crippen MR) is 128 cm³/mol. The van der Waals surface area contributed by atoms with Crippen LogP contribution >= 0.6 is 0 Å². The van der Waals surface area contributed by atoms with E-state index in [1.54, 1.807) is 0 Å². The lowest BCUT2D eigenvalue weighted by Crippen LogP contribution is -2.49. The number of carbonyl (C=O) groups excluding carboxylic acids is 3. The minimum atomic E-state index is -0.225. The van der Waals surface area contributed by atoms with Gasteiger partial charge in [-0.15, -0.1) is 0 Å². The Morgan fingerprint density at radius 2 is 1.82 bits per heavy atom. The summed E-state index contributed by atoms with van der Waals surface area (Å²) < 4.78 is 0. The van der Waals surface area contributed by atoms with Crippen molar-refractivity contribution in [3.05, 3.63) is 22.8 Å². The number of nitrogens with one attached hydrogen (secondary N) is 1. The first-order chi connectivity index (χ1) is 15.5. The molecule has 0 radical (unpaired) electrons. The van der Waals surface area contributed by atoms with Gasteiger partial charge in [0.15, 0.2) is 11.6 Å². The molecule has 5 nitrogen and oxygen atoms in total. The Hall–Kier alpha value is -1.75. The van der Waals surface area contributed by atoms with Gasteiger partial charge >= 0.3 is 0 Å². The highest BCUT2D eigenvalue weighted by molar-refractivity contribution is 6.08. The standard InChI is InChI=1S/C28H41NO4/c1-16(29-18(3)30)6-9-24(32)17(2)26-25(33)15-23-21-8-7-19-14-20(31)10-12-27(19,4)22(21)11-13-28(23,26)5/h7,16,20-23,31H,6,8-15H2,1-5H3,(H,29,30)/b26-17+/t16-,20+,21-,22+,23-,27+,28+/m1/s1. The van der Waals surface area contributed by atoms with Crippen molar-refractivity contribution in [2.45, 2.75) is 105 Å². The third-order valence-electron chi connectivity index (χ3n) is 9.77. The van der Waals surface area contributed by atoms with Gasteiger partial charge in [-0.2, -0.15) is 0 Å². The van der Waals surface area contributed by atoms with Crippen LogP contribution in [0.15, 0.2) is 22.8 Å². The average Bonchev–Trinajstić information content (AvgIpc) is 3.01. The third-order valence-corrected chi connectivity index (χ3v) is 9.77. The minimum Gasteiger partial charge on any atom is -0.393 e. The lowest BCUT2D eigenvalue weighted by molar-refractivity contribution is -0.120. The fourth-order valence-electron chi connectivity index (χ4n) is 8.00. The first kappa shape index (κ1) is 24.4. The normalized spacial score (nSPS) is 40.2. The van der Waals surface area contributed by atoms with Crippen molar-refractivity contribution in [1.29, 1.82) is 0 Å². The van der Waals surface area contributed by atoms with E-state index in [9.17, 15) is 19.5 Å². The molecular weight excluding hydrogens is 414 g/mol. The summed E-state index contributed by atoms with van der Waals surface area (Å²) in [7, 11) is 0. The van der Waals surface area contributed by atoms with E-state index >= 15 is 0 Å². The number of allylic oxidation sites excluding steroid dienone is 3. The summed E-state index contributed by atoms with van der Waals surface area (Å²) in [5.74, 6) is 1.44. The molecule has 5 heteroatoms. The smallest absolute Gasteiger partial charge is 0.217 e. The Kier molecular flexibility index (Phi) is 6.50. The van der Waals surface area contributed by atoms with Crippen molar-refractivity contribution in [2.24, 2.45) is 28.6 Å². The molecule has 0 aromatic rings. The topological polar surface area (TPSA) is 83.5 Å². The predicted octanol–water partition coefficient (Wildman–Crippen LogP) is 4.68. The molecule has 0 heterocycles. The maximum atomic E-state index is 13.3.